The second-order valence-corrected chi connectivity index (χ2v) is 6.82. The first-order valence-corrected chi connectivity index (χ1v) is 8.91. The molecule has 2 atom stereocenters. The fourth-order valence-corrected chi connectivity index (χ4v) is 3.32. The second kappa shape index (κ2) is 7.19. The summed E-state index contributed by atoms with van der Waals surface area (Å²) in [5.74, 6) is -0.567. The Balaban J connectivity index is 1.47. The molecule has 0 aliphatic heterocycles. The minimum absolute atomic E-state index is 0.0681. The highest BCUT2D eigenvalue weighted by Crippen LogP contribution is 2.40. The Labute approximate surface area is 156 Å². The molecule has 4 nitrogen and oxygen atoms in total. The van der Waals surface area contributed by atoms with Crippen LogP contribution in [-0.2, 0) is 6.54 Å². The normalized spacial score (nSPS) is 18.1. The number of aromatic nitrogens is 1. The van der Waals surface area contributed by atoms with Gasteiger partial charge in [-0.15, -0.1) is 0 Å². The monoisotopic (exact) mass is 362 g/mol. The van der Waals surface area contributed by atoms with Crippen molar-refractivity contribution in [2.45, 2.75) is 24.9 Å². The van der Waals surface area contributed by atoms with Gasteiger partial charge in [-0.2, -0.15) is 0 Å². The molecule has 5 heteroatoms. The number of halogens is 1. The van der Waals surface area contributed by atoms with Crippen molar-refractivity contribution in [2.75, 3.05) is 0 Å². The van der Waals surface area contributed by atoms with E-state index in [9.17, 15) is 14.0 Å². The van der Waals surface area contributed by atoms with Crippen molar-refractivity contribution in [3.05, 3.63) is 106 Å². The summed E-state index contributed by atoms with van der Waals surface area (Å²) in [6.07, 6.45) is 2.43. The molecule has 1 fully saturated rings. The Morgan fingerprint density at radius 1 is 1.07 bits per heavy atom. The van der Waals surface area contributed by atoms with Crippen molar-refractivity contribution in [3.8, 4) is 0 Å². The van der Waals surface area contributed by atoms with E-state index in [0.29, 0.717) is 6.54 Å². The third-order valence-corrected chi connectivity index (χ3v) is 4.84. The van der Waals surface area contributed by atoms with Gasteiger partial charge >= 0.3 is 0 Å². The lowest BCUT2D eigenvalue weighted by atomic mass is 10.1. The predicted molar refractivity (Wildman–Crippen MR) is 101 cm³/mol. The summed E-state index contributed by atoms with van der Waals surface area (Å²) in [5, 5.41) is 2.90. The van der Waals surface area contributed by atoms with Gasteiger partial charge in [0.25, 0.3) is 11.5 Å². The van der Waals surface area contributed by atoms with E-state index in [4.69, 9.17) is 0 Å². The zero-order valence-corrected chi connectivity index (χ0v) is 14.6. The molecular weight excluding hydrogens is 343 g/mol. The quantitative estimate of drug-likeness (QED) is 0.757. The number of carbonyl (C=O) groups is 1. The van der Waals surface area contributed by atoms with Gasteiger partial charge in [-0.05, 0) is 41.8 Å². The predicted octanol–water partition coefficient (Wildman–Crippen LogP) is 3.32. The molecule has 0 bridgehead atoms. The van der Waals surface area contributed by atoms with Crippen LogP contribution in [0.4, 0.5) is 4.39 Å². The van der Waals surface area contributed by atoms with Gasteiger partial charge in [0, 0.05) is 18.2 Å². The number of pyridine rings is 1. The lowest BCUT2D eigenvalue weighted by Gasteiger charge is -2.09. The van der Waals surface area contributed by atoms with Gasteiger partial charge in [0.05, 0.1) is 6.54 Å². The number of nitrogens with one attached hydrogen (secondary N) is 1. The number of carbonyl (C=O) groups excluding carboxylic acids is 1. The highest BCUT2D eigenvalue weighted by atomic mass is 19.1. The first kappa shape index (κ1) is 17.2. The Hall–Kier alpha value is -3.21. The number of amides is 1. The SMILES string of the molecule is O=C(NC1CC1c1cccc(F)c1)c1cccn(Cc2ccccc2)c1=O. The van der Waals surface area contributed by atoms with Crippen LogP contribution in [0.25, 0.3) is 0 Å². The van der Waals surface area contributed by atoms with Crippen LogP contribution >= 0.6 is 0 Å². The lowest BCUT2D eigenvalue weighted by molar-refractivity contribution is 0.0948. The van der Waals surface area contributed by atoms with Crippen molar-refractivity contribution < 1.29 is 9.18 Å². The van der Waals surface area contributed by atoms with Crippen molar-refractivity contribution in [3.63, 3.8) is 0 Å². The van der Waals surface area contributed by atoms with E-state index in [2.05, 4.69) is 5.32 Å². The number of benzene rings is 2. The summed E-state index contributed by atoms with van der Waals surface area (Å²) in [4.78, 5) is 25.2. The fourth-order valence-electron chi connectivity index (χ4n) is 3.32. The summed E-state index contributed by atoms with van der Waals surface area (Å²) < 4.78 is 14.9. The molecule has 1 aliphatic carbocycles. The van der Waals surface area contributed by atoms with Gasteiger partial charge in [-0.3, -0.25) is 9.59 Å². The molecule has 1 aliphatic rings. The standard InChI is InChI=1S/C22H19FN2O2/c23-17-9-4-8-16(12-17)19-13-20(19)24-21(26)18-10-5-11-25(22(18)27)14-15-6-2-1-3-7-15/h1-12,19-20H,13-14H2,(H,24,26). The van der Waals surface area contributed by atoms with Crippen LogP contribution in [0, 0.1) is 5.82 Å². The van der Waals surface area contributed by atoms with Gasteiger partial charge < -0.3 is 9.88 Å². The summed E-state index contributed by atoms with van der Waals surface area (Å²) in [6.45, 7) is 0.413. The zero-order valence-electron chi connectivity index (χ0n) is 14.6. The Kier molecular flexibility index (Phi) is 4.59. The minimum atomic E-state index is -0.383. The van der Waals surface area contributed by atoms with Crippen LogP contribution < -0.4 is 10.9 Å². The van der Waals surface area contributed by atoms with Crippen molar-refractivity contribution in [1.82, 2.24) is 9.88 Å². The Morgan fingerprint density at radius 3 is 2.67 bits per heavy atom. The highest BCUT2D eigenvalue weighted by molar-refractivity contribution is 5.94. The number of nitrogens with zero attached hydrogens (tertiary/aromatic N) is 1. The van der Waals surface area contributed by atoms with E-state index in [-0.39, 0.29) is 34.8 Å². The van der Waals surface area contributed by atoms with E-state index < -0.39 is 0 Å². The van der Waals surface area contributed by atoms with Gasteiger partial charge in [0.2, 0.25) is 0 Å². The first-order valence-electron chi connectivity index (χ1n) is 8.91. The highest BCUT2D eigenvalue weighted by Gasteiger charge is 2.40. The molecule has 1 amide bonds. The van der Waals surface area contributed by atoms with E-state index in [1.807, 2.05) is 36.4 Å². The first-order chi connectivity index (χ1) is 13.1. The third kappa shape index (κ3) is 3.82. The van der Waals surface area contributed by atoms with Crippen LogP contribution in [0.1, 0.15) is 33.8 Å². The van der Waals surface area contributed by atoms with Gasteiger partial charge in [-0.1, -0.05) is 42.5 Å². The molecule has 4 rings (SSSR count). The maximum absolute atomic E-state index is 13.4. The van der Waals surface area contributed by atoms with Crippen LogP contribution in [0.2, 0.25) is 0 Å². The van der Waals surface area contributed by atoms with Crippen LogP contribution in [-0.4, -0.2) is 16.5 Å². The van der Waals surface area contributed by atoms with E-state index >= 15 is 0 Å². The smallest absolute Gasteiger partial charge is 0.263 e. The van der Waals surface area contributed by atoms with Crippen LogP contribution in [0.15, 0.2) is 77.7 Å². The molecule has 136 valence electrons. The number of hydrogen-bond acceptors (Lipinski definition) is 2. The van der Waals surface area contributed by atoms with Gasteiger partial charge in [0.1, 0.15) is 11.4 Å². The average molecular weight is 362 g/mol. The maximum Gasteiger partial charge on any atom is 0.263 e. The molecule has 0 radical (unpaired) electrons. The van der Waals surface area contributed by atoms with Gasteiger partial charge in [-0.25, -0.2) is 4.39 Å². The minimum Gasteiger partial charge on any atom is -0.348 e. The molecule has 0 saturated heterocycles. The Bertz CT molecular complexity index is 1030. The second-order valence-electron chi connectivity index (χ2n) is 6.82. The lowest BCUT2D eigenvalue weighted by Crippen LogP contribution is -2.34. The molecule has 1 N–H and O–H groups in total. The molecule has 3 aromatic rings. The van der Waals surface area contributed by atoms with Crippen LogP contribution in [0.5, 0.6) is 0 Å². The molecule has 1 aromatic heterocycles. The Morgan fingerprint density at radius 2 is 1.89 bits per heavy atom. The average Bonchev–Trinajstić information content (AvgIpc) is 3.43. The molecule has 1 saturated carbocycles. The van der Waals surface area contributed by atoms with E-state index in [0.717, 1.165) is 17.5 Å². The summed E-state index contributed by atoms with van der Waals surface area (Å²) >= 11 is 0. The fraction of sp³-hybridized carbons (Fsp3) is 0.182. The molecular formula is C22H19FN2O2. The molecule has 27 heavy (non-hydrogen) atoms. The number of rotatable bonds is 5. The largest absolute Gasteiger partial charge is 0.348 e. The number of hydrogen-bond donors (Lipinski definition) is 1. The van der Waals surface area contributed by atoms with Crippen molar-refractivity contribution >= 4 is 5.91 Å². The maximum atomic E-state index is 13.4. The molecule has 2 aromatic carbocycles. The topological polar surface area (TPSA) is 51.1 Å². The third-order valence-electron chi connectivity index (χ3n) is 4.84. The van der Waals surface area contributed by atoms with E-state index in [1.165, 1.54) is 16.7 Å². The zero-order chi connectivity index (χ0) is 18.8. The van der Waals surface area contributed by atoms with E-state index in [1.54, 1.807) is 24.4 Å². The molecule has 0 spiro atoms. The van der Waals surface area contributed by atoms with Crippen molar-refractivity contribution in [2.24, 2.45) is 0 Å². The van der Waals surface area contributed by atoms with Crippen molar-refractivity contribution in [1.29, 1.82) is 0 Å². The summed E-state index contributed by atoms with van der Waals surface area (Å²) in [7, 11) is 0. The molecule has 1 heterocycles. The summed E-state index contributed by atoms with van der Waals surface area (Å²) in [5.41, 5.74) is 1.67. The van der Waals surface area contributed by atoms with Crippen LogP contribution in [0.3, 0.4) is 0 Å². The molecule has 2 unspecified atom stereocenters. The van der Waals surface area contributed by atoms with Gasteiger partial charge in [0.15, 0.2) is 0 Å². The summed E-state index contributed by atoms with van der Waals surface area (Å²) in [6, 6.07) is 19.2.